The Hall–Kier alpha value is -1.76. The predicted molar refractivity (Wildman–Crippen MR) is 66.1 cm³/mol. The summed E-state index contributed by atoms with van der Waals surface area (Å²) < 4.78 is 19.2. The minimum Gasteiger partial charge on any atom is -0.466 e. The van der Waals surface area contributed by atoms with Gasteiger partial charge in [0.15, 0.2) is 7.11 Å². The van der Waals surface area contributed by atoms with Gasteiger partial charge in [-0.05, 0) is 25.5 Å². The fourth-order valence-corrected chi connectivity index (χ4v) is 1.93. The quantitative estimate of drug-likeness (QED) is 0.839. The topological polar surface area (TPSA) is 63.5 Å². The lowest BCUT2D eigenvalue weighted by Gasteiger charge is -2.26. The van der Waals surface area contributed by atoms with E-state index in [4.69, 9.17) is 4.74 Å². The third kappa shape index (κ3) is 3.17. The van der Waals surface area contributed by atoms with Crippen molar-refractivity contribution in [2.24, 2.45) is 0 Å². The summed E-state index contributed by atoms with van der Waals surface area (Å²) in [5.41, 5.74) is 0.940. The maximum absolute atomic E-state index is 13.7. The number of halogens is 1. The van der Waals surface area contributed by atoms with Crippen molar-refractivity contribution in [1.29, 1.82) is 0 Å². The Morgan fingerprint density at radius 2 is 2.37 bits per heavy atom. The molecule has 0 radical (unpaired) electrons. The van der Waals surface area contributed by atoms with Crippen LogP contribution in [-0.4, -0.2) is 42.4 Å². The van der Waals surface area contributed by atoms with Crippen molar-refractivity contribution >= 4 is 5.69 Å². The van der Waals surface area contributed by atoms with E-state index in [-0.39, 0.29) is 18.1 Å². The molecule has 1 N–H and O–H groups in total. The highest BCUT2D eigenvalue weighted by molar-refractivity contribution is 5.42. The number of piperidine rings is 1. The fraction of sp³-hybridized carbons (Fsp3) is 0.583. The zero-order valence-corrected chi connectivity index (χ0v) is 10.9. The van der Waals surface area contributed by atoms with Crippen molar-refractivity contribution in [3.8, 4) is 5.88 Å². The number of pyridine rings is 1. The molecule has 0 spiro atoms. The molecule has 19 heavy (non-hydrogen) atoms. The van der Waals surface area contributed by atoms with Gasteiger partial charge in [0, 0.05) is 18.8 Å². The molecule has 1 aliphatic rings. The molecule has 2 atom stereocenters. The van der Waals surface area contributed by atoms with Crippen molar-refractivity contribution in [3.05, 3.63) is 22.7 Å². The zero-order chi connectivity index (χ0) is 13.8. The van der Waals surface area contributed by atoms with Crippen molar-refractivity contribution in [2.75, 3.05) is 20.2 Å². The second-order valence-corrected chi connectivity index (χ2v) is 4.44. The first-order valence-corrected chi connectivity index (χ1v) is 6.11. The van der Waals surface area contributed by atoms with E-state index in [9.17, 15) is 9.30 Å². The highest BCUT2D eigenvalue weighted by atomic mass is 19.1. The average molecular weight is 270 g/mol. The van der Waals surface area contributed by atoms with Crippen LogP contribution in [0.15, 0.2) is 12.3 Å². The normalized spacial score (nSPS) is 22.9. The van der Waals surface area contributed by atoms with Crippen LogP contribution in [0.5, 0.6) is 5.88 Å². The molecule has 7 heteroatoms. The Morgan fingerprint density at radius 3 is 3.05 bits per heavy atom. The van der Waals surface area contributed by atoms with Crippen LogP contribution in [0.2, 0.25) is 0 Å². The molecule has 1 saturated heterocycles. The van der Waals surface area contributed by atoms with Crippen LogP contribution in [0.4, 0.5) is 10.1 Å². The van der Waals surface area contributed by atoms with E-state index in [1.165, 1.54) is 7.11 Å². The molecule has 2 heterocycles. The Morgan fingerprint density at radius 1 is 1.58 bits per heavy atom. The van der Waals surface area contributed by atoms with Gasteiger partial charge in [0.1, 0.15) is 12.3 Å². The SMILES string of the molecule is CO[N+](=O)c1cc(C)cnc1OC1CCNCC1F. The number of aromatic nitrogens is 1. The van der Waals surface area contributed by atoms with Crippen LogP contribution in [-0.2, 0) is 4.84 Å². The lowest BCUT2D eigenvalue weighted by molar-refractivity contribution is -0.737. The molecule has 0 aromatic carbocycles. The second kappa shape index (κ2) is 5.92. The van der Waals surface area contributed by atoms with Crippen LogP contribution in [0.1, 0.15) is 12.0 Å². The van der Waals surface area contributed by atoms with Crippen molar-refractivity contribution in [2.45, 2.75) is 25.6 Å². The first-order chi connectivity index (χ1) is 9.11. The number of ether oxygens (including phenoxy) is 1. The molecular weight excluding hydrogens is 253 g/mol. The molecule has 0 bridgehead atoms. The summed E-state index contributed by atoms with van der Waals surface area (Å²) in [5, 5.41) is 2.94. The smallest absolute Gasteiger partial charge is 0.378 e. The first-order valence-electron chi connectivity index (χ1n) is 6.11. The molecule has 1 aromatic rings. The number of hydrogen-bond donors (Lipinski definition) is 1. The fourth-order valence-electron chi connectivity index (χ4n) is 1.93. The van der Waals surface area contributed by atoms with E-state index in [1.54, 1.807) is 19.2 Å². The van der Waals surface area contributed by atoms with E-state index in [0.717, 1.165) is 5.56 Å². The highest BCUT2D eigenvalue weighted by Gasteiger charge is 2.31. The minimum atomic E-state index is -1.12. The standard InChI is InChI=1S/C12H17FN3O3/c1-8-5-10(16(17)18-2)12(15-6-8)19-11-3-4-14-7-9(11)13/h5-6,9,11,14H,3-4,7H2,1-2H3/q+1. The van der Waals surface area contributed by atoms with Crippen LogP contribution >= 0.6 is 0 Å². The number of nitrogens with zero attached hydrogens (tertiary/aromatic N) is 2. The van der Waals surface area contributed by atoms with Gasteiger partial charge in [0.05, 0.1) is 4.91 Å². The molecular formula is C12H17FN3O3+. The molecule has 0 aliphatic carbocycles. The lowest BCUT2D eigenvalue weighted by atomic mass is 10.1. The van der Waals surface area contributed by atoms with E-state index in [2.05, 4.69) is 15.1 Å². The number of hydrogen-bond acceptors (Lipinski definition) is 5. The first kappa shape index (κ1) is 13.7. The largest absolute Gasteiger partial charge is 0.466 e. The van der Waals surface area contributed by atoms with Gasteiger partial charge in [-0.2, -0.15) is 0 Å². The summed E-state index contributed by atoms with van der Waals surface area (Å²) in [5.74, 6) is 0.0944. The summed E-state index contributed by atoms with van der Waals surface area (Å²) in [6, 6.07) is 1.59. The van der Waals surface area contributed by atoms with Gasteiger partial charge in [0.25, 0.3) is 10.8 Å². The molecule has 2 rings (SSSR count). The van der Waals surface area contributed by atoms with Gasteiger partial charge >= 0.3 is 5.69 Å². The summed E-state index contributed by atoms with van der Waals surface area (Å²) in [6.45, 7) is 2.72. The summed E-state index contributed by atoms with van der Waals surface area (Å²) in [7, 11) is 1.25. The number of rotatable bonds is 4. The Labute approximate surface area is 110 Å². The van der Waals surface area contributed by atoms with Crippen molar-refractivity contribution < 1.29 is 18.9 Å². The molecule has 6 nitrogen and oxygen atoms in total. The van der Waals surface area contributed by atoms with Gasteiger partial charge < -0.3 is 10.1 Å². The maximum atomic E-state index is 13.7. The lowest BCUT2D eigenvalue weighted by Crippen LogP contribution is -2.44. The Balaban J connectivity index is 2.21. The number of aryl methyl sites for hydroxylation is 1. The molecule has 0 saturated carbocycles. The van der Waals surface area contributed by atoms with E-state index in [1.807, 2.05) is 0 Å². The van der Waals surface area contributed by atoms with Gasteiger partial charge in [-0.3, -0.25) is 0 Å². The van der Waals surface area contributed by atoms with Crippen LogP contribution in [0, 0.1) is 11.8 Å². The molecule has 2 unspecified atom stereocenters. The summed E-state index contributed by atoms with van der Waals surface area (Å²) in [4.78, 5) is 20.5. The molecule has 1 aliphatic heterocycles. The summed E-state index contributed by atoms with van der Waals surface area (Å²) >= 11 is 0. The van der Waals surface area contributed by atoms with Gasteiger partial charge in [-0.15, -0.1) is 0 Å². The molecule has 104 valence electrons. The third-order valence-corrected chi connectivity index (χ3v) is 2.94. The van der Waals surface area contributed by atoms with Gasteiger partial charge in [0.2, 0.25) is 0 Å². The predicted octanol–water partition coefficient (Wildman–Crippen LogP) is 1.44. The van der Waals surface area contributed by atoms with Gasteiger partial charge in [-0.1, -0.05) is 0 Å². The molecule has 0 amide bonds. The van der Waals surface area contributed by atoms with Crippen LogP contribution in [0.3, 0.4) is 0 Å². The molecule has 1 fully saturated rings. The van der Waals surface area contributed by atoms with Gasteiger partial charge in [-0.25, -0.2) is 14.2 Å². The average Bonchev–Trinajstić information content (AvgIpc) is 2.42. The van der Waals surface area contributed by atoms with E-state index < -0.39 is 12.3 Å². The maximum Gasteiger partial charge on any atom is 0.378 e. The second-order valence-electron chi connectivity index (χ2n) is 4.44. The number of nitrogens with one attached hydrogen (secondary N) is 1. The third-order valence-electron chi connectivity index (χ3n) is 2.94. The Bertz CT molecular complexity index is 470. The highest BCUT2D eigenvalue weighted by Crippen LogP contribution is 2.28. The number of alkyl halides is 1. The van der Waals surface area contributed by atoms with E-state index >= 15 is 0 Å². The summed E-state index contributed by atoms with van der Waals surface area (Å²) in [6.07, 6.45) is 0.381. The monoisotopic (exact) mass is 270 g/mol. The minimum absolute atomic E-state index is 0.0944. The van der Waals surface area contributed by atoms with E-state index in [0.29, 0.717) is 17.9 Å². The van der Waals surface area contributed by atoms with Crippen LogP contribution in [0.25, 0.3) is 0 Å². The molecule has 1 aromatic heterocycles. The van der Waals surface area contributed by atoms with Crippen molar-refractivity contribution in [3.63, 3.8) is 0 Å². The van der Waals surface area contributed by atoms with Crippen molar-refractivity contribution in [1.82, 2.24) is 10.3 Å². The zero-order valence-electron chi connectivity index (χ0n) is 10.9. The van der Waals surface area contributed by atoms with Crippen LogP contribution < -0.4 is 10.1 Å². The Kier molecular flexibility index (Phi) is 4.26.